The summed E-state index contributed by atoms with van der Waals surface area (Å²) in [4.78, 5) is 11.6. The van der Waals surface area contributed by atoms with Gasteiger partial charge in [0, 0.05) is 12.2 Å². The van der Waals surface area contributed by atoms with Crippen LogP contribution in [0.25, 0.3) is 0 Å². The minimum Gasteiger partial charge on any atom is -0.497 e. The molecule has 0 saturated heterocycles. The lowest BCUT2D eigenvalue weighted by atomic mass is 9.80. The number of rotatable bonds is 4. The van der Waals surface area contributed by atoms with Crippen molar-refractivity contribution in [2.45, 2.75) is 24.9 Å². The summed E-state index contributed by atoms with van der Waals surface area (Å²) in [7, 11) is 1.59. The molecular formula is C13H18N2O3. The number of ether oxygens (including phenoxy) is 1. The average Bonchev–Trinajstić information content (AvgIpc) is 2.35. The third-order valence-electron chi connectivity index (χ3n) is 3.21. The van der Waals surface area contributed by atoms with E-state index < -0.39 is 5.60 Å². The fourth-order valence-electron chi connectivity index (χ4n) is 1.86. The van der Waals surface area contributed by atoms with E-state index >= 15 is 0 Å². The lowest BCUT2D eigenvalue weighted by molar-refractivity contribution is -0.0287. The summed E-state index contributed by atoms with van der Waals surface area (Å²) in [5, 5.41) is 15.2. The van der Waals surface area contributed by atoms with Gasteiger partial charge in [0.15, 0.2) is 0 Å². The highest BCUT2D eigenvalue weighted by Gasteiger charge is 2.34. The van der Waals surface area contributed by atoms with Crippen molar-refractivity contribution in [3.63, 3.8) is 0 Å². The first-order valence-electron chi connectivity index (χ1n) is 6.03. The second-order valence-electron chi connectivity index (χ2n) is 4.61. The van der Waals surface area contributed by atoms with Crippen molar-refractivity contribution in [1.82, 2.24) is 5.32 Å². The summed E-state index contributed by atoms with van der Waals surface area (Å²) in [6.07, 6.45) is 2.55. The van der Waals surface area contributed by atoms with Crippen molar-refractivity contribution >= 4 is 11.7 Å². The molecule has 1 saturated carbocycles. The van der Waals surface area contributed by atoms with Gasteiger partial charge in [-0.1, -0.05) is 0 Å². The molecule has 0 atom stereocenters. The molecule has 1 aromatic carbocycles. The number of benzene rings is 1. The molecule has 98 valence electrons. The fraction of sp³-hybridized carbons (Fsp3) is 0.462. The van der Waals surface area contributed by atoms with Crippen LogP contribution in [0.5, 0.6) is 5.75 Å². The highest BCUT2D eigenvalue weighted by Crippen LogP contribution is 2.30. The Morgan fingerprint density at radius 3 is 2.56 bits per heavy atom. The SMILES string of the molecule is COc1ccc(NC(=O)NCC2(O)CCC2)cc1. The van der Waals surface area contributed by atoms with Gasteiger partial charge in [-0.3, -0.25) is 0 Å². The van der Waals surface area contributed by atoms with Gasteiger partial charge < -0.3 is 20.5 Å². The van der Waals surface area contributed by atoms with E-state index in [-0.39, 0.29) is 6.03 Å². The van der Waals surface area contributed by atoms with Crippen LogP contribution >= 0.6 is 0 Å². The van der Waals surface area contributed by atoms with Crippen LogP contribution in [0.1, 0.15) is 19.3 Å². The Morgan fingerprint density at radius 1 is 1.39 bits per heavy atom. The average molecular weight is 250 g/mol. The van der Waals surface area contributed by atoms with Gasteiger partial charge in [-0.15, -0.1) is 0 Å². The minimum absolute atomic E-state index is 0.301. The van der Waals surface area contributed by atoms with Crippen LogP contribution in [0.3, 0.4) is 0 Å². The quantitative estimate of drug-likeness (QED) is 0.762. The monoisotopic (exact) mass is 250 g/mol. The number of carbonyl (C=O) groups excluding carboxylic acids is 1. The van der Waals surface area contributed by atoms with E-state index in [2.05, 4.69) is 10.6 Å². The number of urea groups is 1. The summed E-state index contributed by atoms with van der Waals surface area (Å²) < 4.78 is 5.03. The third-order valence-corrected chi connectivity index (χ3v) is 3.21. The zero-order valence-corrected chi connectivity index (χ0v) is 10.4. The standard InChI is InChI=1S/C13H18N2O3/c1-18-11-5-3-10(4-6-11)15-12(16)14-9-13(17)7-2-8-13/h3-6,17H,2,7-9H2,1H3,(H2,14,15,16). The Labute approximate surface area is 106 Å². The topological polar surface area (TPSA) is 70.6 Å². The molecule has 5 nitrogen and oxygen atoms in total. The number of amides is 2. The molecule has 0 radical (unpaired) electrons. The number of carbonyl (C=O) groups is 1. The summed E-state index contributed by atoms with van der Waals surface area (Å²) in [5.74, 6) is 0.740. The summed E-state index contributed by atoms with van der Waals surface area (Å²) in [6, 6.07) is 6.76. The molecule has 1 aromatic rings. The highest BCUT2D eigenvalue weighted by atomic mass is 16.5. The molecule has 1 aliphatic rings. The molecule has 0 bridgehead atoms. The minimum atomic E-state index is -0.697. The third kappa shape index (κ3) is 3.13. The van der Waals surface area contributed by atoms with Gasteiger partial charge in [0.25, 0.3) is 0 Å². The predicted molar refractivity (Wildman–Crippen MR) is 68.8 cm³/mol. The molecule has 0 aliphatic heterocycles. The van der Waals surface area contributed by atoms with Gasteiger partial charge in [-0.2, -0.15) is 0 Å². The van der Waals surface area contributed by atoms with E-state index in [4.69, 9.17) is 4.74 Å². The van der Waals surface area contributed by atoms with Crippen molar-refractivity contribution in [2.24, 2.45) is 0 Å². The fourth-order valence-corrected chi connectivity index (χ4v) is 1.86. The van der Waals surface area contributed by atoms with Gasteiger partial charge in [0.05, 0.1) is 12.7 Å². The normalized spacial score (nSPS) is 16.6. The van der Waals surface area contributed by atoms with Gasteiger partial charge in [0.2, 0.25) is 0 Å². The molecule has 18 heavy (non-hydrogen) atoms. The number of methoxy groups -OCH3 is 1. The number of hydrogen-bond donors (Lipinski definition) is 3. The second kappa shape index (κ2) is 5.27. The Balaban J connectivity index is 1.79. The maximum Gasteiger partial charge on any atom is 0.319 e. The second-order valence-corrected chi connectivity index (χ2v) is 4.61. The van der Waals surface area contributed by atoms with E-state index in [1.165, 1.54) is 0 Å². The number of hydrogen-bond acceptors (Lipinski definition) is 3. The summed E-state index contributed by atoms with van der Waals surface area (Å²) >= 11 is 0. The summed E-state index contributed by atoms with van der Waals surface area (Å²) in [5.41, 5.74) is -0.00838. The van der Waals surface area contributed by atoms with Crippen LogP contribution in [0.2, 0.25) is 0 Å². The highest BCUT2D eigenvalue weighted by molar-refractivity contribution is 5.89. The first kappa shape index (κ1) is 12.7. The van der Waals surface area contributed by atoms with E-state index in [9.17, 15) is 9.90 Å². The van der Waals surface area contributed by atoms with Crippen LogP contribution in [0.4, 0.5) is 10.5 Å². The van der Waals surface area contributed by atoms with Gasteiger partial charge in [-0.25, -0.2) is 4.79 Å². The van der Waals surface area contributed by atoms with Crippen LogP contribution in [0, 0.1) is 0 Å². The Hall–Kier alpha value is -1.75. The van der Waals surface area contributed by atoms with Crippen LogP contribution in [0.15, 0.2) is 24.3 Å². The summed E-state index contributed by atoms with van der Waals surface area (Å²) in [6.45, 7) is 0.301. The zero-order chi connectivity index (χ0) is 13.0. The van der Waals surface area contributed by atoms with Crippen molar-refractivity contribution in [3.05, 3.63) is 24.3 Å². The van der Waals surface area contributed by atoms with E-state index in [0.29, 0.717) is 12.2 Å². The lowest BCUT2D eigenvalue weighted by Gasteiger charge is -2.36. The first-order valence-corrected chi connectivity index (χ1v) is 6.03. The molecular weight excluding hydrogens is 232 g/mol. The molecule has 0 spiro atoms. The molecule has 0 aromatic heterocycles. The van der Waals surface area contributed by atoms with Gasteiger partial charge >= 0.3 is 6.03 Å². The number of aliphatic hydroxyl groups is 1. The van der Waals surface area contributed by atoms with E-state index in [1.54, 1.807) is 31.4 Å². The maximum absolute atomic E-state index is 11.6. The van der Waals surface area contributed by atoms with Crippen molar-refractivity contribution in [1.29, 1.82) is 0 Å². The first-order chi connectivity index (χ1) is 8.61. The van der Waals surface area contributed by atoms with Crippen molar-refractivity contribution < 1.29 is 14.6 Å². The van der Waals surface area contributed by atoms with Crippen LogP contribution in [-0.2, 0) is 0 Å². The molecule has 0 unspecified atom stereocenters. The van der Waals surface area contributed by atoms with Crippen LogP contribution < -0.4 is 15.4 Å². The molecule has 2 amide bonds. The molecule has 1 fully saturated rings. The number of nitrogens with one attached hydrogen (secondary N) is 2. The molecule has 1 aliphatic carbocycles. The Kier molecular flexibility index (Phi) is 3.72. The molecule has 5 heteroatoms. The smallest absolute Gasteiger partial charge is 0.319 e. The van der Waals surface area contributed by atoms with E-state index in [0.717, 1.165) is 25.0 Å². The molecule has 0 heterocycles. The Morgan fingerprint density at radius 2 is 2.06 bits per heavy atom. The van der Waals surface area contributed by atoms with E-state index in [1.807, 2.05) is 0 Å². The van der Waals surface area contributed by atoms with Crippen molar-refractivity contribution in [3.8, 4) is 5.75 Å². The van der Waals surface area contributed by atoms with Gasteiger partial charge in [0.1, 0.15) is 5.75 Å². The molecule has 3 N–H and O–H groups in total. The zero-order valence-electron chi connectivity index (χ0n) is 10.4. The molecule has 2 rings (SSSR count). The van der Waals surface area contributed by atoms with Gasteiger partial charge in [-0.05, 0) is 43.5 Å². The largest absolute Gasteiger partial charge is 0.497 e. The lowest BCUT2D eigenvalue weighted by Crippen LogP contribution is -2.48. The Bertz CT molecular complexity index is 413. The predicted octanol–water partition coefficient (Wildman–Crippen LogP) is 1.73. The van der Waals surface area contributed by atoms with Crippen molar-refractivity contribution in [2.75, 3.05) is 19.0 Å². The maximum atomic E-state index is 11.6. The van der Waals surface area contributed by atoms with Crippen LogP contribution in [-0.4, -0.2) is 30.4 Å². The number of anilines is 1.